The molecule has 5 nitrogen and oxygen atoms in total. The number of ether oxygens (including phenoxy) is 1. The van der Waals surface area contributed by atoms with Crippen LogP contribution < -0.4 is 4.74 Å². The Morgan fingerprint density at radius 3 is 2.76 bits per heavy atom. The number of rotatable bonds is 4. The van der Waals surface area contributed by atoms with Gasteiger partial charge in [0.1, 0.15) is 5.75 Å². The molecule has 0 spiro atoms. The predicted octanol–water partition coefficient (Wildman–Crippen LogP) is 3.78. The van der Waals surface area contributed by atoms with Gasteiger partial charge in [0.2, 0.25) is 5.82 Å². The van der Waals surface area contributed by atoms with Crippen LogP contribution in [0.1, 0.15) is 11.5 Å². The number of aryl methyl sites for hydroxylation is 1. The number of hydrogen-bond acceptors (Lipinski definition) is 5. The molecular formula is C15H12BrN3O2. The lowest BCUT2D eigenvalue weighted by Crippen LogP contribution is -1.96. The Bertz CT molecular complexity index is 744. The Hall–Kier alpha value is -2.21. The second kappa shape index (κ2) is 6.05. The van der Waals surface area contributed by atoms with Crippen LogP contribution in [0.5, 0.6) is 5.75 Å². The molecule has 0 fully saturated rings. The number of benzene rings is 1. The zero-order valence-electron chi connectivity index (χ0n) is 11.3. The van der Waals surface area contributed by atoms with Gasteiger partial charge in [-0.15, -0.1) is 0 Å². The zero-order chi connectivity index (χ0) is 14.7. The van der Waals surface area contributed by atoms with Crippen LogP contribution in [-0.2, 0) is 6.61 Å². The lowest BCUT2D eigenvalue weighted by atomic mass is 10.2. The first-order valence-corrected chi connectivity index (χ1v) is 7.13. The van der Waals surface area contributed by atoms with E-state index in [4.69, 9.17) is 9.26 Å². The average molecular weight is 346 g/mol. The van der Waals surface area contributed by atoms with E-state index in [2.05, 4.69) is 31.1 Å². The lowest BCUT2D eigenvalue weighted by Gasteiger charge is -2.05. The van der Waals surface area contributed by atoms with E-state index in [1.807, 2.05) is 37.3 Å². The van der Waals surface area contributed by atoms with Crippen LogP contribution >= 0.6 is 15.9 Å². The van der Waals surface area contributed by atoms with Crippen molar-refractivity contribution in [3.63, 3.8) is 0 Å². The minimum absolute atomic E-state index is 0.235. The summed E-state index contributed by atoms with van der Waals surface area (Å²) in [4.78, 5) is 8.25. The molecule has 0 N–H and O–H groups in total. The third-order valence-electron chi connectivity index (χ3n) is 2.90. The third-order valence-corrected chi connectivity index (χ3v) is 3.79. The molecule has 106 valence electrons. The van der Waals surface area contributed by atoms with Gasteiger partial charge in [-0.05, 0) is 42.8 Å². The molecule has 0 radical (unpaired) electrons. The van der Waals surface area contributed by atoms with Gasteiger partial charge >= 0.3 is 0 Å². The molecule has 0 aliphatic heterocycles. The average Bonchev–Trinajstić information content (AvgIpc) is 2.98. The summed E-state index contributed by atoms with van der Waals surface area (Å²) in [6.07, 6.45) is 3.37. The fourth-order valence-corrected chi connectivity index (χ4v) is 2.03. The first-order chi connectivity index (χ1) is 10.2. The van der Waals surface area contributed by atoms with Crippen LogP contribution in [0, 0.1) is 6.92 Å². The van der Waals surface area contributed by atoms with Gasteiger partial charge in [-0.3, -0.25) is 4.98 Å². The summed E-state index contributed by atoms with van der Waals surface area (Å²) in [5.41, 5.74) is 1.97. The molecule has 21 heavy (non-hydrogen) atoms. The van der Waals surface area contributed by atoms with E-state index in [1.165, 1.54) is 0 Å². The Morgan fingerprint density at radius 1 is 1.19 bits per heavy atom. The maximum Gasteiger partial charge on any atom is 0.264 e. The van der Waals surface area contributed by atoms with Crippen molar-refractivity contribution in [3.8, 4) is 17.1 Å². The molecule has 0 aliphatic rings. The van der Waals surface area contributed by atoms with Crippen LogP contribution in [0.15, 0.2) is 51.7 Å². The van der Waals surface area contributed by atoms with Crippen molar-refractivity contribution < 1.29 is 9.26 Å². The van der Waals surface area contributed by atoms with Crippen molar-refractivity contribution in [1.29, 1.82) is 0 Å². The Morgan fingerprint density at radius 2 is 2.00 bits per heavy atom. The highest BCUT2D eigenvalue weighted by atomic mass is 79.9. The third kappa shape index (κ3) is 3.28. The van der Waals surface area contributed by atoms with E-state index in [1.54, 1.807) is 12.4 Å². The smallest absolute Gasteiger partial charge is 0.264 e. The van der Waals surface area contributed by atoms with Crippen molar-refractivity contribution in [2.24, 2.45) is 0 Å². The molecule has 2 aromatic heterocycles. The van der Waals surface area contributed by atoms with Gasteiger partial charge in [-0.1, -0.05) is 21.1 Å². The molecule has 0 saturated carbocycles. The molecular weight excluding hydrogens is 334 g/mol. The van der Waals surface area contributed by atoms with Gasteiger partial charge in [-0.25, -0.2) is 0 Å². The van der Waals surface area contributed by atoms with Gasteiger partial charge in [-0.2, -0.15) is 4.98 Å². The van der Waals surface area contributed by atoms with Crippen LogP contribution in [0.2, 0.25) is 0 Å². The number of hydrogen-bond donors (Lipinski definition) is 0. The van der Waals surface area contributed by atoms with Crippen LogP contribution in [0.4, 0.5) is 0 Å². The SMILES string of the molecule is Cc1cc(OCc2nc(-c3ccncc3)no2)ccc1Br. The summed E-state index contributed by atoms with van der Waals surface area (Å²) >= 11 is 3.45. The number of aromatic nitrogens is 3. The molecule has 1 aromatic carbocycles. The first kappa shape index (κ1) is 13.8. The minimum atomic E-state index is 0.235. The molecule has 2 heterocycles. The van der Waals surface area contributed by atoms with Crippen LogP contribution in [-0.4, -0.2) is 15.1 Å². The van der Waals surface area contributed by atoms with E-state index in [-0.39, 0.29) is 6.61 Å². The van der Waals surface area contributed by atoms with Crippen LogP contribution in [0.3, 0.4) is 0 Å². The predicted molar refractivity (Wildman–Crippen MR) is 80.7 cm³/mol. The molecule has 0 atom stereocenters. The molecule has 0 amide bonds. The quantitative estimate of drug-likeness (QED) is 0.719. The van der Waals surface area contributed by atoms with Gasteiger partial charge < -0.3 is 9.26 Å². The second-order valence-corrected chi connectivity index (χ2v) is 5.30. The largest absolute Gasteiger partial charge is 0.484 e. The molecule has 0 unspecified atom stereocenters. The van der Waals surface area contributed by atoms with E-state index >= 15 is 0 Å². The number of pyridine rings is 1. The molecule has 0 aliphatic carbocycles. The number of nitrogens with zero attached hydrogens (tertiary/aromatic N) is 3. The normalized spacial score (nSPS) is 10.6. The van der Waals surface area contributed by atoms with Crippen molar-refractivity contribution in [2.75, 3.05) is 0 Å². The molecule has 3 aromatic rings. The number of halogens is 1. The summed E-state index contributed by atoms with van der Waals surface area (Å²) in [6.45, 7) is 2.24. The van der Waals surface area contributed by atoms with Gasteiger partial charge in [0.15, 0.2) is 6.61 Å². The van der Waals surface area contributed by atoms with Crippen molar-refractivity contribution >= 4 is 15.9 Å². The Balaban J connectivity index is 1.69. The van der Waals surface area contributed by atoms with Gasteiger partial charge in [0, 0.05) is 22.4 Å². The summed E-state index contributed by atoms with van der Waals surface area (Å²) in [5, 5.41) is 3.93. The topological polar surface area (TPSA) is 61.0 Å². The minimum Gasteiger partial charge on any atom is -0.484 e. The summed E-state index contributed by atoms with van der Waals surface area (Å²) in [7, 11) is 0. The lowest BCUT2D eigenvalue weighted by molar-refractivity contribution is 0.243. The van der Waals surface area contributed by atoms with E-state index in [9.17, 15) is 0 Å². The van der Waals surface area contributed by atoms with Gasteiger partial charge in [0.25, 0.3) is 5.89 Å². The maximum atomic E-state index is 5.65. The fourth-order valence-electron chi connectivity index (χ4n) is 1.78. The van der Waals surface area contributed by atoms with Gasteiger partial charge in [0.05, 0.1) is 0 Å². The summed E-state index contributed by atoms with van der Waals surface area (Å²) in [6, 6.07) is 9.43. The van der Waals surface area contributed by atoms with Crippen molar-refractivity contribution in [3.05, 3.63) is 58.7 Å². The summed E-state index contributed by atoms with van der Waals surface area (Å²) < 4.78 is 11.9. The Labute approximate surface area is 130 Å². The molecule has 0 bridgehead atoms. The zero-order valence-corrected chi connectivity index (χ0v) is 12.9. The van der Waals surface area contributed by atoms with E-state index in [0.717, 1.165) is 21.3 Å². The monoisotopic (exact) mass is 345 g/mol. The van der Waals surface area contributed by atoms with Crippen molar-refractivity contribution in [2.45, 2.75) is 13.5 Å². The highest BCUT2D eigenvalue weighted by Gasteiger charge is 2.09. The first-order valence-electron chi connectivity index (χ1n) is 6.34. The molecule has 3 rings (SSSR count). The highest BCUT2D eigenvalue weighted by Crippen LogP contribution is 2.22. The Kier molecular flexibility index (Phi) is 3.96. The standard InChI is InChI=1S/C15H12BrN3O2/c1-10-8-12(2-3-13(10)16)20-9-14-18-15(19-21-14)11-4-6-17-7-5-11/h2-8H,9H2,1H3. The van der Waals surface area contributed by atoms with Crippen molar-refractivity contribution in [1.82, 2.24) is 15.1 Å². The highest BCUT2D eigenvalue weighted by molar-refractivity contribution is 9.10. The summed E-state index contributed by atoms with van der Waals surface area (Å²) in [5.74, 6) is 1.73. The van der Waals surface area contributed by atoms with E-state index in [0.29, 0.717) is 11.7 Å². The fraction of sp³-hybridized carbons (Fsp3) is 0.133. The van der Waals surface area contributed by atoms with Crippen LogP contribution in [0.25, 0.3) is 11.4 Å². The molecule has 6 heteroatoms. The van der Waals surface area contributed by atoms with E-state index < -0.39 is 0 Å². The molecule has 0 saturated heterocycles. The second-order valence-electron chi connectivity index (χ2n) is 4.45. The maximum absolute atomic E-state index is 5.65.